The van der Waals surface area contributed by atoms with Gasteiger partial charge in [-0.15, -0.1) is 0 Å². The van der Waals surface area contributed by atoms with Gasteiger partial charge in [-0.05, 0) is 30.1 Å². The molecule has 2 saturated carbocycles. The third kappa shape index (κ3) is 0.883. The Morgan fingerprint density at radius 2 is 2.00 bits per heavy atom. The maximum atomic E-state index is 10.6. The first kappa shape index (κ1) is 7.14. The van der Waals surface area contributed by atoms with Gasteiger partial charge in [0.2, 0.25) is 0 Å². The number of carboxylic acid groups (broad SMARTS) is 1. The fourth-order valence-corrected chi connectivity index (χ4v) is 2.94. The Morgan fingerprint density at radius 3 is 2.27 bits per heavy atom. The van der Waals surface area contributed by atoms with Crippen molar-refractivity contribution in [2.75, 3.05) is 0 Å². The second-order valence-corrected chi connectivity index (χ2v) is 4.98. The Morgan fingerprint density at radius 1 is 1.45 bits per heavy atom. The van der Waals surface area contributed by atoms with E-state index in [0.29, 0.717) is 5.41 Å². The molecule has 1 spiro atoms. The Bertz CT molecular complexity index is 210. The Hall–Kier alpha value is -0.530. The van der Waals surface area contributed by atoms with E-state index in [1.54, 1.807) is 0 Å². The third-order valence-electron chi connectivity index (χ3n) is 3.15. The molecular formula is C9H14O2. The SMILES string of the molecule is CC1(C)CC2(C[C@@H]2C(=O)O)C1. The van der Waals surface area contributed by atoms with Crippen molar-refractivity contribution >= 4 is 5.97 Å². The summed E-state index contributed by atoms with van der Waals surface area (Å²) in [5, 5.41) is 8.72. The second kappa shape index (κ2) is 1.62. The zero-order valence-corrected chi connectivity index (χ0v) is 7.05. The summed E-state index contributed by atoms with van der Waals surface area (Å²) < 4.78 is 0. The van der Waals surface area contributed by atoms with Crippen molar-refractivity contribution in [3.63, 3.8) is 0 Å². The number of hydrogen-bond acceptors (Lipinski definition) is 1. The van der Waals surface area contributed by atoms with Crippen molar-refractivity contribution in [2.24, 2.45) is 16.7 Å². The fourth-order valence-electron chi connectivity index (χ4n) is 2.94. The molecule has 2 heteroatoms. The third-order valence-corrected chi connectivity index (χ3v) is 3.15. The van der Waals surface area contributed by atoms with Crippen LogP contribution in [-0.2, 0) is 4.79 Å². The average molecular weight is 154 g/mol. The highest BCUT2D eigenvalue weighted by Crippen LogP contribution is 2.71. The summed E-state index contributed by atoms with van der Waals surface area (Å²) >= 11 is 0. The van der Waals surface area contributed by atoms with Crippen LogP contribution in [0.25, 0.3) is 0 Å². The minimum Gasteiger partial charge on any atom is -0.481 e. The Kier molecular flexibility index (Phi) is 1.05. The molecule has 2 nitrogen and oxygen atoms in total. The molecular weight excluding hydrogens is 140 g/mol. The van der Waals surface area contributed by atoms with Crippen LogP contribution in [0.5, 0.6) is 0 Å². The monoisotopic (exact) mass is 154 g/mol. The van der Waals surface area contributed by atoms with Crippen molar-refractivity contribution in [1.29, 1.82) is 0 Å². The maximum Gasteiger partial charge on any atom is 0.307 e. The van der Waals surface area contributed by atoms with E-state index in [1.807, 2.05) is 0 Å². The molecule has 62 valence electrons. The van der Waals surface area contributed by atoms with Crippen molar-refractivity contribution < 1.29 is 9.90 Å². The lowest BCUT2D eigenvalue weighted by Crippen LogP contribution is -2.35. The van der Waals surface area contributed by atoms with Crippen molar-refractivity contribution in [3.05, 3.63) is 0 Å². The molecule has 1 atom stereocenters. The molecule has 0 aromatic rings. The van der Waals surface area contributed by atoms with E-state index in [1.165, 1.54) is 0 Å². The maximum absolute atomic E-state index is 10.6. The standard InChI is InChI=1S/C9H14O2/c1-8(2)4-9(5-8)3-6(9)7(10)11/h6H,3-5H2,1-2H3,(H,10,11)/t6-/m1/s1. The summed E-state index contributed by atoms with van der Waals surface area (Å²) in [5.74, 6) is -0.587. The summed E-state index contributed by atoms with van der Waals surface area (Å²) in [7, 11) is 0. The first-order valence-electron chi connectivity index (χ1n) is 4.18. The Labute approximate surface area is 66.6 Å². The van der Waals surface area contributed by atoms with Gasteiger partial charge in [0.05, 0.1) is 5.92 Å². The summed E-state index contributed by atoms with van der Waals surface area (Å²) in [5.41, 5.74) is 0.666. The first-order valence-corrected chi connectivity index (χ1v) is 4.18. The molecule has 0 bridgehead atoms. The van der Waals surface area contributed by atoms with Crippen LogP contribution < -0.4 is 0 Å². The fraction of sp³-hybridized carbons (Fsp3) is 0.889. The molecule has 1 N–H and O–H groups in total. The highest BCUT2D eigenvalue weighted by molar-refractivity contribution is 5.75. The van der Waals surface area contributed by atoms with E-state index in [9.17, 15) is 4.79 Å². The lowest BCUT2D eigenvalue weighted by molar-refractivity contribution is -0.140. The molecule has 0 amide bonds. The van der Waals surface area contributed by atoms with Gasteiger partial charge in [0.25, 0.3) is 0 Å². The van der Waals surface area contributed by atoms with Gasteiger partial charge in [-0.3, -0.25) is 4.79 Å². The first-order chi connectivity index (χ1) is 4.95. The van der Waals surface area contributed by atoms with Gasteiger partial charge in [-0.25, -0.2) is 0 Å². The number of rotatable bonds is 1. The molecule has 0 aliphatic heterocycles. The van der Waals surface area contributed by atoms with Gasteiger partial charge in [0.1, 0.15) is 0 Å². The van der Waals surface area contributed by atoms with Crippen molar-refractivity contribution in [2.45, 2.75) is 33.1 Å². The highest BCUT2D eigenvalue weighted by atomic mass is 16.4. The molecule has 2 aliphatic rings. The molecule has 0 aromatic heterocycles. The molecule has 2 fully saturated rings. The Balaban J connectivity index is 1.98. The van der Waals surface area contributed by atoms with Crippen LogP contribution in [0.4, 0.5) is 0 Å². The van der Waals surface area contributed by atoms with Gasteiger partial charge >= 0.3 is 5.97 Å². The number of carbonyl (C=O) groups is 1. The van der Waals surface area contributed by atoms with Crippen LogP contribution in [0.2, 0.25) is 0 Å². The van der Waals surface area contributed by atoms with Crippen LogP contribution in [0.3, 0.4) is 0 Å². The number of carboxylic acids is 1. The van der Waals surface area contributed by atoms with Gasteiger partial charge in [-0.2, -0.15) is 0 Å². The minimum atomic E-state index is -0.583. The summed E-state index contributed by atoms with van der Waals surface area (Å²) in [6, 6.07) is 0. The number of aliphatic carboxylic acids is 1. The minimum absolute atomic E-state index is 0.00414. The quantitative estimate of drug-likeness (QED) is 0.626. The lowest BCUT2D eigenvalue weighted by Gasteiger charge is -2.44. The second-order valence-electron chi connectivity index (χ2n) is 4.98. The smallest absolute Gasteiger partial charge is 0.307 e. The molecule has 0 aromatic carbocycles. The van der Waals surface area contributed by atoms with Crippen molar-refractivity contribution in [1.82, 2.24) is 0 Å². The van der Waals surface area contributed by atoms with Crippen molar-refractivity contribution in [3.8, 4) is 0 Å². The zero-order chi connectivity index (χ0) is 8.28. The van der Waals surface area contributed by atoms with Crippen LogP contribution in [0.15, 0.2) is 0 Å². The van der Waals surface area contributed by atoms with Crippen LogP contribution in [0, 0.1) is 16.7 Å². The molecule has 0 unspecified atom stereocenters. The van der Waals surface area contributed by atoms with Gasteiger partial charge in [0.15, 0.2) is 0 Å². The molecule has 2 rings (SSSR count). The molecule has 0 radical (unpaired) electrons. The lowest BCUT2D eigenvalue weighted by atomic mass is 9.61. The zero-order valence-electron chi connectivity index (χ0n) is 7.05. The van der Waals surface area contributed by atoms with E-state index in [0.717, 1.165) is 19.3 Å². The van der Waals surface area contributed by atoms with E-state index in [4.69, 9.17) is 5.11 Å². The average Bonchev–Trinajstić information content (AvgIpc) is 2.38. The predicted octanol–water partition coefficient (Wildman–Crippen LogP) is 1.90. The van der Waals surface area contributed by atoms with Crippen LogP contribution in [-0.4, -0.2) is 11.1 Å². The molecule has 0 saturated heterocycles. The topological polar surface area (TPSA) is 37.3 Å². The predicted molar refractivity (Wildman–Crippen MR) is 41.2 cm³/mol. The van der Waals surface area contributed by atoms with Gasteiger partial charge < -0.3 is 5.11 Å². The van der Waals surface area contributed by atoms with Gasteiger partial charge in [-0.1, -0.05) is 13.8 Å². The van der Waals surface area contributed by atoms with E-state index >= 15 is 0 Å². The van der Waals surface area contributed by atoms with Crippen LogP contribution in [0.1, 0.15) is 33.1 Å². The molecule has 0 heterocycles. The van der Waals surface area contributed by atoms with Crippen LogP contribution >= 0.6 is 0 Å². The summed E-state index contributed by atoms with van der Waals surface area (Å²) in [4.78, 5) is 10.6. The van der Waals surface area contributed by atoms with E-state index in [-0.39, 0.29) is 11.3 Å². The van der Waals surface area contributed by atoms with E-state index < -0.39 is 5.97 Å². The molecule has 11 heavy (non-hydrogen) atoms. The summed E-state index contributed by atoms with van der Waals surface area (Å²) in [6.07, 6.45) is 3.18. The summed E-state index contributed by atoms with van der Waals surface area (Å²) in [6.45, 7) is 4.44. The molecule has 2 aliphatic carbocycles. The highest BCUT2D eigenvalue weighted by Gasteiger charge is 2.66. The number of hydrogen-bond donors (Lipinski definition) is 1. The van der Waals surface area contributed by atoms with E-state index in [2.05, 4.69) is 13.8 Å². The largest absolute Gasteiger partial charge is 0.481 e. The normalized spacial score (nSPS) is 36.4. The van der Waals surface area contributed by atoms with Gasteiger partial charge in [0, 0.05) is 0 Å².